The van der Waals surface area contributed by atoms with E-state index in [9.17, 15) is 24.5 Å². The molecular formula is C19H16N6O8. The highest BCUT2D eigenvalue weighted by Gasteiger charge is 2.25. The molecular weight excluding hydrogens is 440 g/mol. The van der Waals surface area contributed by atoms with Crippen molar-refractivity contribution in [3.63, 3.8) is 0 Å². The number of nitrogens with zero attached hydrogens (tertiary/aromatic N) is 3. The smallest absolute Gasteiger partial charge is 0.355 e. The number of carbonyl (C=O) groups is 3. The number of esters is 2. The third kappa shape index (κ3) is 5.19. The molecule has 14 heteroatoms. The van der Waals surface area contributed by atoms with E-state index in [0.29, 0.717) is 0 Å². The fourth-order valence-corrected chi connectivity index (χ4v) is 2.63. The van der Waals surface area contributed by atoms with Gasteiger partial charge in [0.25, 0.3) is 0 Å². The fraction of sp³-hybridized carbons (Fsp3) is 0.105. The van der Waals surface area contributed by atoms with Gasteiger partial charge in [-0.2, -0.15) is 0 Å². The molecule has 0 saturated carbocycles. The molecule has 2 heterocycles. The topological polar surface area (TPSA) is 188 Å². The van der Waals surface area contributed by atoms with Crippen molar-refractivity contribution >= 4 is 40.9 Å². The first-order valence-electron chi connectivity index (χ1n) is 9.02. The van der Waals surface area contributed by atoms with Gasteiger partial charge in [-0.25, -0.2) is 19.6 Å². The third-order valence-electron chi connectivity index (χ3n) is 4.08. The van der Waals surface area contributed by atoms with Gasteiger partial charge in [-0.05, 0) is 30.3 Å². The van der Waals surface area contributed by atoms with Gasteiger partial charge in [0, 0.05) is 5.69 Å². The lowest BCUT2D eigenvalue weighted by Gasteiger charge is -2.12. The molecule has 1 aromatic carbocycles. The first-order chi connectivity index (χ1) is 15.8. The maximum atomic E-state index is 12.0. The molecule has 2 aromatic heterocycles. The van der Waals surface area contributed by atoms with Crippen LogP contribution in [0.3, 0.4) is 0 Å². The molecule has 0 aliphatic carbocycles. The maximum Gasteiger partial charge on any atom is 0.355 e. The lowest BCUT2D eigenvalue weighted by molar-refractivity contribution is -0.383. The molecule has 0 radical (unpaired) electrons. The van der Waals surface area contributed by atoms with Gasteiger partial charge in [-0.3, -0.25) is 25.8 Å². The summed E-state index contributed by atoms with van der Waals surface area (Å²) in [6, 6.07) is 6.74. The van der Waals surface area contributed by atoms with E-state index in [4.69, 9.17) is 4.42 Å². The van der Waals surface area contributed by atoms with E-state index < -0.39 is 28.5 Å². The first-order valence-corrected chi connectivity index (χ1v) is 9.02. The van der Waals surface area contributed by atoms with Crippen molar-refractivity contribution in [3.8, 4) is 0 Å². The number of hydrogen-bond acceptors (Lipinski definition) is 12. The minimum Gasteiger partial charge on any atom is -0.465 e. The lowest BCUT2D eigenvalue weighted by atomic mass is 10.1. The molecule has 0 fully saturated rings. The summed E-state index contributed by atoms with van der Waals surface area (Å²) in [5.41, 5.74) is 4.03. The van der Waals surface area contributed by atoms with Crippen molar-refractivity contribution in [2.24, 2.45) is 0 Å². The van der Waals surface area contributed by atoms with Gasteiger partial charge in [0.1, 0.15) is 6.33 Å². The summed E-state index contributed by atoms with van der Waals surface area (Å²) >= 11 is 0. The van der Waals surface area contributed by atoms with E-state index >= 15 is 0 Å². The van der Waals surface area contributed by atoms with Crippen LogP contribution >= 0.6 is 0 Å². The molecule has 0 bridgehead atoms. The number of hydrazine groups is 1. The Morgan fingerprint density at radius 3 is 2.21 bits per heavy atom. The summed E-state index contributed by atoms with van der Waals surface area (Å²) in [5.74, 6) is -2.85. The molecule has 3 rings (SSSR count). The number of carbonyl (C=O) groups excluding carboxylic acids is 3. The van der Waals surface area contributed by atoms with Gasteiger partial charge >= 0.3 is 23.5 Å². The fourth-order valence-electron chi connectivity index (χ4n) is 2.63. The number of methoxy groups -OCH3 is 2. The summed E-state index contributed by atoms with van der Waals surface area (Å²) in [7, 11) is 2.31. The first kappa shape index (κ1) is 22.7. The van der Waals surface area contributed by atoms with Crippen LogP contribution in [0.1, 0.15) is 31.3 Å². The summed E-state index contributed by atoms with van der Waals surface area (Å²) in [4.78, 5) is 54.5. The van der Waals surface area contributed by atoms with Crippen LogP contribution in [0.2, 0.25) is 0 Å². The standard InChI is InChI=1S/C19H16N6O8/c1-31-18(27)10-6-11(19(28)32-2)8-12(7-10)22-15-14(25(29)30)16(21-9-20-15)23-24-17(26)13-4-3-5-33-13/h3-9H,1-2H3,(H,24,26)(H2,20,21,22,23). The predicted octanol–water partition coefficient (Wildman–Crippen LogP) is 2.05. The van der Waals surface area contributed by atoms with Crippen molar-refractivity contribution in [1.29, 1.82) is 0 Å². The molecule has 14 nitrogen and oxygen atoms in total. The number of amides is 1. The Balaban J connectivity index is 1.94. The SMILES string of the molecule is COC(=O)c1cc(Nc2ncnc(NNC(=O)c3ccco3)c2[N+](=O)[O-])cc(C(=O)OC)c1. The van der Waals surface area contributed by atoms with E-state index in [-0.39, 0.29) is 34.2 Å². The monoisotopic (exact) mass is 456 g/mol. The van der Waals surface area contributed by atoms with Crippen LogP contribution < -0.4 is 16.2 Å². The van der Waals surface area contributed by atoms with Gasteiger partial charge in [0.2, 0.25) is 11.6 Å². The lowest BCUT2D eigenvalue weighted by Crippen LogP contribution is -2.30. The van der Waals surface area contributed by atoms with Crippen LogP contribution in [-0.4, -0.2) is 47.0 Å². The van der Waals surface area contributed by atoms with Crippen LogP contribution in [0.4, 0.5) is 23.0 Å². The number of anilines is 3. The van der Waals surface area contributed by atoms with Gasteiger partial charge in [-0.15, -0.1) is 0 Å². The Hall–Kier alpha value is -5.01. The average Bonchev–Trinajstić information content (AvgIpc) is 3.36. The van der Waals surface area contributed by atoms with Crippen molar-refractivity contribution < 1.29 is 33.2 Å². The van der Waals surface area contributed by atoms with E-state index in [1.165, 1.54) is 36.6 Å². The number of furan rings is 1. The summed E-state index contributed by atoms with van der Waals surface area (Å²) in [6.45, 7) is 0. The Morgan fingerprint density at radius 2 is 1.67 bits per heavy atom. The highest BCUT2D eigenvalue weighted by molar-refractivity contribution is 5.97. The molecule has 0 atom stereocenters. The zero-order valence-corrected chi connectivity index (χ0v) is 17.1. The molecule has 0 aliphatic rings. The normalized spacial score (nSPS) is 10.1. The minimum absolute atomic E-state index is 0.0105. The number of nitrogens with one attached hydrogen (secondary N) is 3. The van der Waals surface area contributed by atoms with E-state index in [2.05, 4.69) is 35.6 Å². The molecule has 0 saturated heterocycles. The Labute approximate surface area is 185 Å². The number of ether oxygens (including phenoxy) is 2. The quantitative estimate of drug-likeness (QED) is 0.255. The molecule has 0 unspecified atom stereocenters. The van der Waals surface area contributed by atoms with E-state index in [1.54, 1.807) is 0 Å². The zero-order valence-electron chi connectivity index (χ0n) is 17.1. The molecule has 0 spiro atoms. The predicted molar refractivity (Wildman–Crippen MR) is 111 cm³/mol. The number of benzene rings is 1. The Morgan fingerprint density at radius 1 is 1.03 bits per heavy atom. The molecule has 3 N–H and O–H groups in total. The molecule has 33 heavy (non-hydrogen) atoms. The van der Waals surface area contributed by atoms with Gasteiger partial charge in [0.15, 0.2) is 5.76 Å². The third-order valence-corrected chi connectivity index (χ3v) is 4.08. The van der Waals surface area contributed by atoms with Crippen LogP contribution in [0.5, 0.6) is 0 Å². The van der Waals surface area contributed by atoms with Gasteiger partial charge in [-0.1, -0.05) is 0 Å². The highest BCUT2D eigenvalue weighted by atomic mass is 16.6. The van der Waals surface area contributed by atoms with Crippen LogP contribution in [-0.2, 0) is 9.47 Å². The number of hydrogen-bond donors (Lipinski definition) is 3. The second-order valence-corrected chi connectivity index (χ2v) is 6.14. The largest absolute Gasteiger partial charge is 0.465 e. The molecule has 3 aromatic rings. The zero-order chi connectivity index (χ0) is 24.0. The maximum absolute atomic E-state index is 12.0. The number of rotatable bonds is 8. The molecule has 0 aliphatic heterocycles. The number of aromatic nitrogens is 2. The minimum atomic E-state index is -0.783. The molecule has 170 valence electrons. The van der Waals surface area contributed by atoms with Crippen LogP contribution in [0.15, 0.2) is 47.3 Å². The van der Waals surface area contributed by atoms with E-state index in [0.717, 1.165) is 20.5 Å². The number of nitro groups is 1. The second-order valence-electron chi connectivity index (χ2n) is 6.14. The van der Waals surface area contributed by atoms with Crippen molar-refractivity contribution in [3.05, 3.63) is 69.9 Å². The van der Waals surface area contributed by atoms with Crippen LogP contribution in [0, 0.1) is 10.1 Å². The summed E-state index contributed by atoms with van der Waals surface area (Å²) in [5, 5.41) is 14.4. The Kier molecular flexibility index (Phi) is 6.78. The van der Waals surface area contributed by atoms with E-state index in [1.807, 2.05) is 0 Å². The van der Waals surface area contributed by atoms with Crippen molar-refractivity contribution in [2.45, 2.75) is 0 Å². The van der Waals surface area contributed by atoms with Gasteiger partial charge in [0.05, 0.1) is 36.5 Å². The molecule has 1 amide bonds. The second kappa shape index (κ2) is 9.86. The van der Waals surface area contributed by atoms with Crippen molar-refractivity contribution in [1.82, 2.24) is 15.4 Å². The summed E-state index contributed by atoms with van der Waals surface area (Å²) in [6.07, 6.45) is 2.29. The average molecular weight is 456 g/mol. The Bertz CT molecular complexity index is 1180. The van der Waals surface area contributed by atoms with Crippen LogP contribution in [0.25, 0.3) is 0 Å². The summed E-state index contributed by atoms with van der Waals surface area (Å²) < 4.78 is 14.3. The van der Waals surface area contributed by atoms with Crippen molar-refractivity contribution in [2.75, 3.05) is 25.0 Å². The highest BCUT2D eigenvalue weighted by Crippen LogP contribution is 2.31. The van der Waals surface area contributed by atoms with Gasteiger partial charge < -0.3 is 19.2 Å².